The molecule has 0 bridgehead atoms. The Kier molecular flexibility index (Phi) is 4.20. The minimum atomic E-state index is -0.0781. The molecule has 1 saturated carbocycles. The standard InChI is InChI=1S/C11H23NO/c1-4-9(5-2)12(3)10-7-6-8-11(10)13/h9-11,13H,4-8H2,1-3H3/t10-,11-/m1/s1. The predicted molar refractivity (Wildman–Crippen MR) is 55.8 cm³/mol. The summed E-state index contributed by atoms with van der Waals surface area (Å²) in [4.78, 5) is 2.39. The smallest absolute Gasteiger partial charge is 0.0695 e. The zero-order valence-electron chi connectivity index (χ0n) is 9.16. The number of aliphatic hydroxyl groups is 1. The molecule has 0 aliphatic heterocycles. The van der Waals surface area contributed by atoms with Crippen molar-refractivity contribution in [3.05, 3.63) is 0 Å². The van der Waals surface area contributed by atoms with Gasteiger partial charge < -0.3 is 5.11 Å². The Morgan fingerprint density at radius 1 is 1.31 bits per heavy atom. The molecule has 0 unspecified atom stereocenters. The molecule has 13 heavy (non-hydrogen) atoms. The van der Waals surface area contributed by atoms with Gasteiger partial charge in [0.05, 0.1) is 6.10 Å². The molecule has 1 aliphatic carbocycles. The van der Waals surface area contributed by atoms with E-state index in [4.69, 9.17) is 0 Å². The van der Waals surface area contributed by atoms with Crippen molar-refractivity contribution in [2.45, 2.75) is 64.1 Å². The van der Waals surface area contributed by atoms with E-state index in [9.17, 15) is 5.11 Å². The Hall–Kier alpha value is -0.0800. The van der Waals surface area contributed by atoms with Gasteiger partial charge in [-0.3, -0.25) is 4.90 Å². The van der Waals surface area contributed by atoms with Crippen LogP contribution in [0.15, 0.2) is 0 Å². The van der Waals surface area contributed by atoms with Crippen molar-refractivity contribution in [3.8, 4) is 0 Å². The summed E-state index contributed by atoms with van der Waals surface area (Å²) in [6.07, 6.45) is 5.66. The molecule has 1 N–H and O–H groups in total. The van der Waals surface area contributed by atoms with Gasteiger partial charge >= 0.3 is 0 Å². The molecule has 0 spiro atoms. The predicted octanol–water partition coefficient (Wildman–Crippen LogP) is 2.02. The van der Waals surface area contributed by atoms with Crippen LogP contribution in [0.4, 0.5) is 0 Å². The topological polar surface area (TPSA) is 23.5 Å². The number of aliphatic hydroxyl groups excluding tert-OH is 1. The number of likely N-dealkylation sites (N-methyl/N-ethyl adjacent to an activating group) is 1. The van der Waals surface area contributed by atoms with Crippen LogP contribution in [0.5, 0.6) is 0 Å². The van der Waals surface area contributed by atoms with Crippen molar-refractivity contribution in [1.29, 1.82) is 0 Å². The molecule has 2 nitrogen and oxygen atoms in total. The average Bonchev–Trinajstić information content (AvgIpc) is 2.53. The van der Waals surface area contributed by atoms with Gasteiger partial charge in [-0.1, -0.05) is 13.8 Å². The van der Waals surface area contributed by atoms with Gasteiger partial charge in [-0.25, -0.2) is 0 Å². The van der Waals surface area contributed by atoms with E-state index < -0.39 is 0 Å². The largest absolute Gasteiger partial charge is 0.391 e. The lowest BCUT2D eigenvalue weighted by molar-refractivity contribution is 0.0588. The van der Waals surface area contributed by atoms with Crippen molar-refractivity contribution in [2.75, 3.05) is 7.05 Å². The molecule has 0 saturated heterocycles. The van der Waals surface area contributed by atoms with E-state index in [1.54, 1.807) is 0 Å². The molecule has 1 fully saturated rings. The normalized spacial score (nSPS) is 29.1. The first-order valence-corrected chi connectivity index (χ1v) is 5.60. The molecule has 1 rings (SSSR count). The maximum Gasteiger partial charge on any atom is 0.0695 e. The summed E-state index contributed by atoms with van der Waals surface area (Å²) in [6, 6.07) is 1.07. The molecule has 0 heterocycles. The van der Waals surface area contributed by atoms with Crippen LogP contribution in [0, 0.1) is 0 Å². The summed E-state index contributed by atoms with van der Waals surface area (Å²) in [5.41, 5.74) is 0. The van der Waals surface area contributed by atoms with Crippen LogP contribution < -0.4 is 0 Å². The van der Waals surface area contributed by atoms with E-state index in [-0.39, 0.29) is 6.10 Å². The van der Waals surface area contributed by atoms with Crippen LogP contribution in [0.1, 0.15) is 46.0 Å². The number of nitrogens with zero attached hydrogens (tertiary/aromatic N) is 1. The van der Waals surface area contributed by atoms with Crippen LogP contribution in [0.3, 0.4) is 0 Å². The van der Waals surface area contributed by atoms with Gasteiger partial charge in [-0.15, -0.1) is 0 Å². The molecule has 0 aromatic carbocycles. The number of hydrogen-bond acceptors (Lipinski definition) is 2. The molecule has 0 amide bonds. The highest BCUT2D eigenvalue weighted by atomic mass is 16.3. The summed E-state index contributed by atoms with van der Waals surface area (Å²) in [6.45, 7) is 4.46. The lowest BCUT2D eigenvalue weighted by atomic mass is 10.1. The Bertz CT molecular complexity index is 145. The second-order valence-corrected chi connectivity index (χ2v) is 4.20. The lowest BCUT2D eigenvalue weighted by Gasteiger charge is -2.33. The maximum absolute atomic E-state index is 9.76. The molecule has 1 aliphatic rings. The minimum Gasteiger partial charge on any atom is -0.391 e. The second kappa shape index (κ2) is 4.97. The van der Waals surface area contributed by atoms with E-state index in [1.807, 2.05) is 0 Å². The second-order valence-electron chi connectivity index (χ2n) is 4.20. The summed E-state index contributed by atoms with van der Waals surface area (Å²) >= 11 is 0. The average molecular weight is 185 g/mol. The Balaban J connectivity index is 2.49. The highest BCUT2D eigenvalue weighted by Crippen LogP contribution is 2.25. The fourth-order valence-corrected chi connectivity index (χ4v) is 2.53. The van der Waals surface area contributed by atoms with Crippen LogP contribution in [0.25, 0.3) is 0 Å². The van der Waals surface area contributed by atoms with Gasteiger partial charge in [0, 0.05) is 12.1 Å². The van der Waals surface area contributed by atoms with Crippen LogP contribution >= 0.6 is 0 Å². The highest BCUT2D eigenvalue weighted by Gasteiger charge is 2.30. The van der Waals surface area contributed by atoms with Gasteiger partial charge in [0.1, 0.15) is 0 Å². The first-order valence-electron chi connectivity index (χ1n) is 5.60. The van der Waals surface area contributed by atoms with Gasteiger partial charge in [-0.2, -0.15) is 0 Å². The quantitative estimate of drug-likeness (QED) is 0.724. The van der Waals surface area contributed by atoms with Crippen molar-refractivity contribution >= 4 is 0 Å². The van der Waals surface area contributed by atoms with Gasteiger partial charge in [-0.05, 0) is 39.2 Å². The number of rotatable bonds is 4. The van der Waals surface area contributed by atoms with E-state index in [0.29, 0.717) is 12.1 Å². The number of hydrogen-bond donors (Lipinski definition) is 1. The highest BCUT2D eigenvalue weighted by molar-refractivity contribution is 4.86. The first-order chi connectivity index (χ1) is 6.20. The lowest BCUT2D eigenvalue weighted by Crippen LogP contribution is -2.43. The van der Waals surface area contributed by atoms with Crippen molar-refractivity contribution in [2.24, 2.45) is 0 Å². The van der Waals surface area contributed by atoms with Crippen LogP contribution in [-0.4, -0.2) is 35.2 Å². The van der Waals surface area contributed by atoms with Gasteiger partial charge in [0.15, 0.2) is 0 Å². The maximum atomic E-state index is 9.76. The van der Waals surface area contributed by atoms with E-state index in [1.165, 1.54) is 25.7 Å². The van der Waals surface area contributed by atoms with Crippen LogP contribution in [0.2, 0.25) is 0 Å². The molecular formula is C11H23NO. The SMILES string of the molecule is CCC(CC)N(C)[C@@H]1CCC[C@H]1O. The Morgan fingerprint density at radius 2 is 1.92 bits per heavy atom. The van der Waals surface area contributed by atoms with E-state index >= 15 is 0 Å². The van der Waals surface area contributed by atoms with Crippen LogP contribution in [-0.2, 0) is 0 Å². The fourth-order valence-electron chi connectivity index (χ4n) is 2.53. The fraction of sp³-hybridized carbons (Fsp3) is 1.00. The zero-order chi connectivity index (χ0) is 9.84. The third-order valence-electron chi connectivity index (χ3n) is 3.49. The molecule has 2 atom stereocenters. The summed E-state index contributed by atoms with van der Waals surface area (Å²) in [7, 11) is 2.16. The van der Waals surface area contributed by atoms with Gasteiger partial charge in [0.25, 0.3) is 0 Å². The van der Waals surface area contributed by atoms with E-state index in [0.717, 1.165) is 6.42 Å². The summed E-state index contributed by atoms with van der Waals surface area (Å²) in [5, 5.41) is 9.76. The van der Waals surface area contributed by atoms with Gasteiger partial charge in [0.2, 0.25) is 0 Å². The molecule has 0 aromatic heterocycles. The van der Waals surface area contributed by atoms with Crippen molar-refractivity contribution < 1.29 is 5.11 Å². The molecule has 78 valence electrons. The minimum absolute atomic E-state index is 0.0781. The molecule has 2 heteroatoms. The van der Waals surface area contributed by atoms with Crippen molar-refractivity contribution in [1.82, 2.24) is 4.90 Å². The van der Waals surface area contributed by atoms with E-state index in [2.05, 4.69) is 25.8 Å². The zero-order valence-corrected chi connectivity index (χ0v) is 9.16. The van der Waals surface area contributed by atoms with Crippen molar-refractivity contribution in [3.63, 3.8) is 0 Å². The molecule has 0 radical (unpaired) electrons. The monoisotopic (exact) mass is 185 g/mol. The molecular weight excluding hydrogens is 162 g/mol. The Labute approximate surface area is 81.9 Å². The Morgan fingerprint density at radius 3 is 2.31 bits per heavy atom. The molecule has 0 aromatic rings. The third-order valence-corrected chi connectivity index (χ3v) is 3.49. The summed E-state index contributed by atoms with van der Waals surface area (Å²) < 4.78 is 0. The first kappa shape index (κ1) is 11.0. The third kappa shape index (κ3) is 2.44. The summed E-state index contributed by atoms with van der Waals surface area (Å²) in [5.74, 6) is 0.